The summed E-state index contributed by atoms with van der Waals surface area (Å²) in [4.78, 5) is 25.3. The number of rotatable bonds is 4. The number of likely N-dealkylation sites (N-methyl/N-ethyl adjacent to an activating group) is 1. The van der Waals surface area contributed by atoms with Gasteiger partial charge in [-0.1, -0.05) is 6.07 Å². The molecule has 0 aromatic carbocycles. The summed E-state index contributed by atoms with van der Waals surface area (Å²) in [6.07, 6.45) is 5.81. The molecule has 1 aliphatic heterocycles. The monoisotopic (exact) mass is 327 g/mol. The summed E-state index contributed by atoms with van der Waals surface area (Å²) in [6.45, 7) is 4.04. The molecule has 2 aromatic heterocycles. The van der Waals surface area contributed by atoms with Crippen molar-refractivity contribution in [3.63, 3.8) is 0 Å². The highest BCUT2D eigenvalue weighted by atomic mass is 16.2. The van der Waals surface area contributed by atoms with E-state index in [1.165, 1.54) is 0 Å². The van der Waals surface area contributed by atoms with Gasteiger partial charge in [0.15, 0.2) is 0 Å². The van der Waals surface area contributed by atoms with E-state index < -0.39 is 0 Å². The number of aromatic nitrogens is 3. The Bertz CT molecular complexity index is 709. The average molecular weight is 327 g/mol. The van der Waals surface area contributed by atoms with E-state index in [1.807, 2.05) is 53.7 Å². The molecule has 2 aromatic rings. The number of likely N-dealkylation sites (tertiary alicyclic amines) is 1. The van der Waals surface area contributed by atoms with E-state index in [-0.39, 0.29) is 5.91 Å². The zero-order valence-electron chi connectivity index (χ0n) is 14.6. The van der Waals surface area contributed by atoms with Crippen LogP contribution in [0.25, 0.3) is 5.82 Å². The first-order valence-corrected chi connectivity index (χ1v) is 8.44. The molecule has 1 atom stereocenters. The summed E-state index contributed by atoms with van der Waals surface area (Å²) in [6, 6.07) is 6.11. The van der Waals surface area contributed by atoms with E-state index in [9.17, 15) is 4.79 Å². The van der Waals surface area contributed by atoms with Crippen LogP contribution in [0.3, 0.4) is 0 Å². The minimum Gasteiger partial charge on any atom is -0.341 e. The molecule has 0 radical (unpaired) electrons. The summed E-state index contributed by atoms with van der Waals surface area (Å²) < 4.78 is 1.99. The normalized spacial score (nSPS) is 18.2. The van der Waals surface area contributed by atoms with Gasteiger partial charge in [0.2, 0.25) is 5.91 Å². The molecule has 0 saturated carbocycles. The number of aryl methyl sites for hydroxylation is 1. The van der Waals surface area contributed by atoms with Gasteiger partial charge in [0.05, 0.1) is 6.54 Å². The number of imidazole rings is 1. The molecule has 0 aliphatic carbocycles. The van der Waals surface area contributed by atoms with Crippen LogP contribution in [0.2, 0.25) is 0 Å². The van der Waals surface area contributed by atoms with Gasteiger partial charge < -0.3 is 9.80 Å². The largest absolute Gasteiger partial charge is 0.341 e. The highest BCUT2D eigenvalue weighted by molar-refractivity contribution is 5.78. The molecule has 1 amide bonds. The zero-order chi connectivity index (χ0) is 17.1. The number of nitrogens with zero attached hydrogens (tertiary/aromatic N) is 5. The molecule has 6 nitrogen and oxygen atoms in total. The second-order valence-electron chi connectivity index (χ2n) is 6.68. The van der Waals surface area contributed by atoms with Crippen molar-refractivity contribution < 1.29 is 4.79 Å². The highest BCUT2D eigenvalue weighted by Crippen LogP contribution is 2.26. The first-order valence-electron chi connectivity index (χ1n) is 8.44. The number of hydrogen-bond donors (Lipinski definition) is 0. The molecule has 6 heteroatoms. The fourth-order valence-corrected chi connectivity index (χ4v) is 3.24. The summed E-state index contributed by atoms with van der Waals surface area (Å²) in [7, 11) is 3.86. The van der Waals surface area contributed by atoms with E-state index >= 15 is 0 Å². The van der Waals surface area contributed by atoms with Crippen molar-refractivity contribution in [1.82, 2.24) is 24.3 Å². The molecule has 24 heavy (non-hydrogen) atoms. The molecule has 1 unspecified atom stereocenters. The third kappa shape index (κ3) is 3.64. The minimum atomic E-state index is 0.200. The van der Waals surface area contributed by atoms with E-state index in [1.54, 1.807) is 6.20 Å². The zero-order valence-corrected chi connectivity index (χ0v) is 14.6. The number of amides is 1. The molecule has 3 heterocycles. The Morgan fingerprint density at radius 2 is 2.21 bits per heavy atom. The minimum absolute atomic E-state index is 0.200. The standard InChI is InChI=1S/C18H25N5O/c1-14-19-9-11-23(14)17-8-4-7-16(20-17)15-6-5-10-22(12-15)18(24)13-21(2)3/h4,7-9,11,15H,5-6,10,12-13H2,1-3H3. The maximum atomic E-state index is 12.3. The van der Waals surface area contributed by atoms with Gasteiger partial charge in [0.25, 0.3) is 0 Å². The number of hydrogen-bond acceptors (Lipinski definition) is 4. The Labute approximate surface area is 143 Å². The van der Waals surface area contributed by atoms with Crippen LogP contribution < -0.4 is 0 Å². The molecule has 1 fully saturated rings. The smallest absolute Gasteiger partial charge is 0.236 e. The first-order chi connectivity index (χ1) is 11.5. The van der Waals surface area contributed by atoms with Crippen molar-refractivity contribution in [2.75, 3.05) is 33.7 Å². The van der Waals surface area contributed by atoms with Gasteiger partial charge in [0, 0.05) is 37.1 Å². The predicted molar refractivity (Wildman–Crippen MR) is 93.2 cm³/mol. The Morgan fingerprint density at radius 3 is 2.92 bits per heavy atom. The van der Waals surface area contributed by atoms with Crippen LogP contribution in [0.4, 0.5) is 0 Å². The van der Waals surface area contributed by atoms with Crippen molar-refractivity contribution in [2.45, 2.75) is 25.7 Å². The highest BCUT2D eigenvalue weighted by Gasteiger charge is 2.25. The lowest BCUT2D eigenvalue weighted by molar-refractivity contribution is -0.133. The summed E-state index contributed by atoms with van der Waals surface area (Å²) in [5.41, 5.74) is 1.06. The quantitative estimate of drug-likeness (QED) is 0.860. The van der Waals surface area contributed by atoms with Gasteiger partial charge in [-0.2, -0.15) is 0 Å². The third-order valence-corrected chi connectivity index (χ3v) is 4.47. The molecule has 1 aliphatic rings. The topological polar surface area (TPSA) is 54.3 Å². The maximum absolute atomic E-state index is 12.3. The lowest BCUT2D eigenvalue weighted by Gasteiger charge is -2.33. The van der Waals surface area contributed by atoms with Crippen LogP contribution in [-0.2, 0) is 4.79 Å². The molecule has 0 bridgehead atoms. The first kappa shape index (κ1) is 16.6. The van der Waals surface area contributed by atoms with Crippen LogP contribution in [-0.4, -0.2) is 64.0 Å². The molecule has 0 N–H and O–H groups in total. The third-order valence-electron chi connectivity index (χ3n) is 4.47. The van der Waals surface area contributed by atoms with Crippen molar-refractivity contribution >= 4 is 5.91 Å². The van der Waals surface area contributed by atoms with Crippen LogP contribution in [0.1, 0.15) is 30.3 Å². The second-order valence-corrected chi connectivity index (χ2v) is 6.68. The number of carbonyl (C=O) groups excluding carboxylic acids is 1. The van der Waals surface area contributed by atoms with Gasteiger partial charge in [0.1, 0.15) is 11.6 Å². The summed E-state index contributed by atoms with van der Waals surface area (Å²) >= 11 is 0. The van der Waals surface area contributed by atoms with E-state index in [4.69, 9.17) is 4.98 Å². The average Bonchev–Trinajstić information content (AvgIpc) is 3.00. The number of piperidine rings is 1. The number of carbonyl (C=O) groups is 1. The van der Waals surface area contributed by atoms with Gasteiger partial charge in [-0.05, 0) is 46.0 Å². The van der Waals surface area contributed by atoms with Crippen molar-refractivity contribution in [3.05, 3.63) is 42.1 Å². The van der Waals surface area contributed by atoms with E-state index in [0.717, 1.165) is 43.3 Å². The fourth-order valence-electron chi connectivity index (χ4n) is 3.24. The van der Waals surface area contributed by atoms with Crippen molar-refractivity contribution in [1.29, 1.82) is 0 Å². The number of pyridine rings is 1. The van der Waals surface area contributed by atoms with Crippen LogP contribution >= 0.6 is 0 Å². The van der Waals surface area contributed by atoms with Crippen molar-refractivity contribution in [3.8, 4) is 5.82 Å². The lowest BCUT2D eigenvalue weighted by Crippen LogP contribution is -2.43. The molecule has 128 valence electrons. The maximum Gasteiger partial charge on any atom is 0.236 e. The molecule has 3 rings (SSSR count). The van der Waals surface area contributed by atoms with Crippen LogP contribution in [0.5, 0.6) is 0 Å². The molecule has 0 spiro atoms. The van der Waals surface area contributed by atoms with Crippen molar-refractivity contribution in [2.24, 2.45) is 0 Å². The van der Waals surface area contributed by atoms with Gasteiger partial charge in [-0.3, -0.25) is 9.36 Å². The SMILES string of the molecule is Cc1nccn1-c1cccc(C2CCCN(C(=O)CN(C)C)C2)n1. The van der Waals surface area contributed by atoms with Crippen LogP contribution in [0.15, 0.2) is 30.6 Å². The lowest BCUT2D eigenvalue weighted by atomic mass is 9.94. The van der Waals surface area contributed by atoms with E-state index in [0.29, 0.717) is 12.5 Å². The Kier molecular flexibility index (Phi) is 4.94. The van der Waals surface area contributed by atoms with Crippen LogP contribution in [0, 0.1) is 6.92 Å². The fraction of sp³-hybridized carbons (Fsp3) is 0.500. The molecule has 1 saturated heterocycles. The van der Waals surface area contributed by atoms with Gasteiger partial charge in [-0.25, -0.2) is 9.97 Å². The molecular formula is C18H25N5O. The summed E-state index contributed by atoms with van der Waals surface area (Å²) in [5.74, 6) is 2.31. The van der Waals surface area contributed by atoms with Gasteiger partial charge in [-0.15, -0.1) is 0 Å². The van der Waals surface area contributed by atoms with E-state index in [2.05, 4.69) is 11.1 Å². The molecular weight excluding hydrogens is 302 g/mol. The second kappa shape index (κ2) is 7.13. The summed E-state index contributed by atoms with van der Waals surface area (Å²) in [5, 5.41) is 0. The Hall–Kier alpha value is -2.21. The Morgan fingerprint density at radius 1 is 1.38 bits per heavy atom. The Balaban J connectivity index is 1.77. The van der Waals surface area contributed by atoms with Gasteiger partial charge >= 0.3 is 0 Å². The predicted octanol–water partition coefficient (Wildman–Crippen LogP) is 1.84.